The molecule has 8 heteroatoms. The monoisotopic (exact) mass is 371 g/mol. The highest BCUT2D eigenvalue weighted by atomic mass is 19.1. The number of hydrogen-bond acceptors (Lipinski definition) is 6. The fourth-order valence-corrected chi connectivity index (χ4v) is 3.42. The summed E-state index contributed by atoms with van der Waals surface area (Å²) in [7, 11) is 3.50. The standard InChI is InChI=1S/C19H22FN5O2/c1-24-18-16(10-21-24)19(23-17(22-18)12-26-2)25-9-3-4-15(11-25)27-14-7-5-13(20)6-8-14/h5-8,10,15H,3-4,9,11-12H2,1-2H3. The highest BCUT2D eigenvalue weighted by Crippen LogP contribution is 2.28. The summed E-state index contributed by atoms with van der Waals surface area (Å²) >= 11 is 0. The van der Waals surface area contributed by atoms with Crippen LogP contribution in [0.25, 0.3) is 11.0 Å². The first-order valence-electron chi connectivity index (χ1n) is 8.99. The van der Waals surface area contributed by atoms with Gasteiger partial charge in [-0.25, -0.2) is 14.4 Å². The Hall–Kier alpha value is -2.74. The minimum absolute atomic E-state index is 0.0109. The molecule has 3 heterocycles. The van der Waals surface area contributed by atoms with E-state index in [1.165, 1.54) is 12.1 Å². The lowest BCUT2D eigenvalue weighted by atomic mass is 10.1. The summed E-state index contributed by atoms with van der Waals surface area (Å²) in [5, 5.41) is 5.24. The van der Waals surface area contributed by atoms with Crippen molar-refractivity contribution in [2.45, 2.75) is 25.6 Å². The summed E-state index contributed by atoms with van der Waals surface area (Å²) < 4.78 is 26.1. The van der Waals surface area contributed by atoms with E-state index in [1.807, 2.05) is 7.05 Å². The Morgan fingerprint density at radius 3 is 2.81 bits per heavy atom. The van der Waals surface area contributed by atoms with Crippen LogP contribution in [-0.2, 0) is 18.4 Å². The van der Waals surface area contributed by atoms with Gasteiger partial charge in [-0.15, -0.1) is 0 Å². The molecule has 7 nitrogen and oxygen atoms in total. The van der Waals surface area contributed by atoms with Crippen molar-refractivity contribution in [1.29, 1.82) is 0 Å². The van der Waals surface area contributed by atoms with Crippen LogP contribution in [0.5, 0.6) is 5.75 Å². The fraction of sp³-hybridized carbons (Fsp3) is 0.421. The first-order valence-corrected chi connectivity index (χ1v) is 8.99. The molecule has 0 aliphatic carbocycles. The molecule has 0 N–H and O–H groups in total. The zero-order valence-corrected chi connectivity index (χ0v) is 15.4. The average Bonchev–Trinajstić information content (AvgIpc) is 3.05. The number of nitrogens with zero attached hydrogens (tertiary/aromatic N) is 5. The summed E-state index contributed by atoms with van der Waals surface area (Å²) in [5.41, 5.74) is 0.786. The van der Waals surface area contributed by atoms with Gasteiger partial charge in [0, 0.05) is 20.7 Å². The zero-order valence-electron chi connectivity index (χ0n) is 15.4. The van der Waals surface area contributed by atoms with Gasteiger partial charge in [-0.2, -0.15) is 5.10 Å². The van der Waals surface area contributed by atoms with E-state index in [4.69, 9.17) is 14.5 Å². The van der Waals surface area contributed by atoms with Crippen LogP contribution in [0.3, 0.4) is 0 Å². The maximum atomic E-state index is 13.1. The Kier molecular flexibility index (Phi) is 4.89. The number of methoxy groups -OCH3 is 1. The van der Waals surface area contributed by atoms with Crippen molar-refractivity contribution in [2.75, 3.05) is 25.1 Å². The van der Waals surface area contributed by atoms with Crippen molar-refractivity contribution in [1.82, 2.24) is 19.7 Å². The lowest BCUT2D eigenvalue weighted by Gasteiger charge is -2.34. The second-order valence-corrected chi connectivity index (χ2v) is 6.68. The van der Waals surface area contributed by atoms with Crippen molar-refractivity contribution in [3.8, 4) is 5.75 Å². The van der Waals surface area contributed by atoms with Gasteiger partial charge in [0.1, 0.15) is 30.1 Å². The Bertz CT molecular complexity index is 928. The third-order valence-electron chi connectivity index (χ3n) is 4.69. The summed E-state index contributed by atoms with van der Waals surface area (Å²) in [6, 6.07) is 6.15. The maximum Gasteiger partial charge on any atom is 0.163 e. The molecule has 1 saturated heterocycles. The van der Waals surface area contributed by atoms with Crippen LogP contribution in [-0.4, -0.2) is 46.1 Å². The molecule has 27 heavy (non-hydrogen) atoms. The Labute approximate surface area is 156 Å². The second-order valence-electron chi connectivity index (χ2n) is 6.68. The maximum absolute atomic E-state index is 13.1. The van der Waals surface area contributed by atoms with Gasteiger partial charge >= 0.3 is 0 Å². The van der Waals surface area contributed by atoms with Gasteiger partial charge in [0.2, 0.25) is 0 Å². The summed E-state index contributed by atoms with van der Waals surface area (Å²) in [5.74, 6) is 1.90. The van der Waals surface area contributed by atoms with Crippen molar-refractivity contribution in [3.63, 3.8) is 0 Å². The van der Waals surface area contributed by atoms with Crippen molar-refractivity contribution >= 4 is 16.9 Å². The van der Waals surface area contributed by atoms with E-state index in [0.717, 1.165) is 36.2 Å². The largest absolute Gasteiger partial charge is 0.489 e. The number of aryl methyl sites for hydroxylation is 1. The number of halogens is 1. The van der Waals surface area contributed by atoms with Gasteiger partial charge in [-0.1, -0.05) is 0 Å². The second kappa shape index (κ2) is 7.48. The molecule has 3 aromatic rings. The molecule has 1 unspecified atom stereocenters. The molecule has 0 spiro atoms. The molecule has 2 aromatic heterocycles. The fourth-order valence-electron chi connectivity index (χ4n) is 3.42. The molecule has 0 saturated carbocycles. The Morgan fingerprint density at radius 1 is 1.22 bits per heavy atom. The van der Waals surface area contributed by atoms with Crippen LogP contribution in [0.1, 0.15) is 18.7 Å². The summed E-state index contributed by atoms with van der Waals surface area (Å²) in [4.78, 5) is 11.5. The molecule has 142 valence electrons. The molecule has 1 aromatic carbocycles. The number of rotatable bonds is 5. The van der Waals surface area contributed by atoms with Crippen LogP contribution >= 0.6 is 0 Å². The van der Waals surface area contributed by atoms with Crippen LogP contribution in [0.15, 0.2) is 30.5 Å². The minimum atomic E-state index is -0.266. The number of piperidine rings is 1. The van der Waals surface area contributed by atoms with Crippen LogP contribution in [0.4, 0.5) is 10.2 Å². The van der Waals surface area contributed by atoms with Gasteiger partial charge in [-0.05, 0) is 37.1 Å². The third-order valence-corrected chi connectivity index (χ3v) is 4.69. The molecule has 0 radical (unpaired) electrons. The minimum Gasteiger partial charge on any atom is -0.489 e. The molecule has 1 fully saturated rings. The highest BCUT2D eigenvalue weighted by molar-refractivity contribution is 5.87. The van der Waals surface area contributed by atoms with E-state index in [9.17, 15) is 4.39 Å². The number of anilines is 1. The predicted molar refractivity (Wildman–Crippen MR) is 99.3 cm³/mol. The van der Waals surface area contributed by atoms with Gasteiger partial charge in [0.25, 0.3) is 0 Å². The van der Waals surface area contributed by atoms with Crippen molar-refractivity contribution in [2.24, 2.45) is 7.05 Å². The number of ether oxygens (including phenoxy) is 2. The normalized spacial score (nSPS) is 17.4. The SMILES string of the molecule is COCc1nc(N2CCCC(Oc3ccc(F)cc3)C2)c2cnn(C)c2n1. The molecular weight excluding hydrogens is 349 g/mol. The molecule has 1 aliphatic heterocycles. The number of aromatic nitrogens is 4. The van der Waals surface area contributed by atoms with Crippen molar-refractivity contribution in [3.05, 3.63) is 42.1 Å². The quantitative estimate of drug-likeness (QED) is 0.687. The van der Waals surface area contributed by atoms with E-state index in [1.54, 1.807) is 30.1 Å². The molecule has 1 aliphatic rings. The van der Waals surface area contributed by atoms with E-state index in [2.05, 4.69) is 15.0 Å². The van der Waals surface area contributed by atoms with E-state index in [0.29, 0.717) is 24.7 Å². The lowest BCUT2D eigenvalue weighted by Crippen LogP contribution is -2.41. The lowest BCUT2D eigenvalue weighted by molar-refractivity contribution is 0.176. The highest BCUT2D eigenvalue weighted by Gasteiger charge is 2.25. The first-order chi connectivity index (χ1) is 13.1. The number of benzene rings is 1. The van der Waals surface area contributed by atoms with Gasteiger partial charge in [0.05, 0.1) is 18.1 Å². The van der Waals surface area contributed by atoms with Crippen LogP contribution in [0.2, 0.25) is 0 Å². The first kappa shape index (κ1) is 17.7. The Morgan fingerprint density at radius 2 is 2.04 bits per heavy atom. The van der Waals surface area contributed by atoms with E-state index < -0.39 is 0 Å². The Balaban J connectivity index is 1.59. The zero-order chi connectivity index (χ0) is 18.8. The average molecular weight is 371 g/mol. The van der Waals surface area contributed by atoms with Gasteiger partial charge in [-0.3, -0.25) is 4.68 Å². The van der Waals surface area contributed by atoms with Gasteiger partial charge < -0.3 is 14.4 Å². The van der Waals surface area contributed by atoms with Crippen LogP contribution in [0, 0.1) is 5.82 Å². The number of hydrogen-bond donors (Lipinski definition) is 0. The molecule has 0 amide bonds. The van der Waals surface area contributed by atoms with Gasteiger partial charge in [0.15, 0.2) is 11.5 Å². The molecule has 0 bridgehead atoms. The van der Waals surface area contributed by atoms with Crippen LogP contribution < -0.4 is 9.64 Å². The van der Waals surface area contributed by atoms with E-state index in [-0.39, 0.29) is 11.9 Å². The summed E-state index contributed by atoms with van der Waals surface area (Å²) in [6.07, 6.45) is 3.74. The smallest absolute Gasteiger partial charge is 0.163 e. The topological polar surface area (TPSA) is 65.3 Å². The van der Waals surface area contributed by atoms with Crippen molar-refractivity contribution < 1.29 is 13.9 Å². The summed E-state index contributed by atoms with van der Waals surface area (Å²) in [6.45, 7) is 1.93. The molecule has 4 rings (SSSR count). The molecule has 1 atom stereocenters. The third kappa shape index (κ3) is 3.71. The number of fused-ring (bicyclic) bond motifs is 1. The molecular formula is C19H22FN5O2. The predicted octanol–water partition coefficient (Wildman–Crippen LogP) is 2.70. The van der Waals surface area contributed by atoms with E-state index >= 15 is 0 Å².